The average molecular weight is 409 g/mol. The summed E-state index contributed by atoms with van der Waals surface area (Å²) in [5.41, 5.74) is 1.18. The molecular weight excluding hydrogens is 384 g/mol. The summed E-state index contributed by atoms with van der Waals surface area (Å²) in [5.74, 6) is 0. The molecule has 25 heavy (non-hydrogen) atoms. The number of nitrogens with zero attached hydrogens (tertiary/aromatic N) is 2. The Morgan fingerprint density at radius 1 is 1.40 bits per heavy atom. The summed E-state index contributed by atoms with van der Waals surface area (Å²) < 4.78 is 6.29. The average Bonchev–Trinajstić information content (AvgIpc) is 2.54. The quantitative estimate of drug-likeness (QED) is 0.742. The molecule has 1 saturated heterocycles. The van der Waals surface area contributed by atoms with Crippen LogP contribution in [0.3, 0.4) is 0 Å². The molecule has 1 amide bonds. The number of aromatic nitrogens is 1. The topological polar surface area (TPSA) is 78.3 Å². The zero-order valence-corrected chi connectivity index (χ0v) is 16.5. The highest BCUT2D eigenvalue weighted by molar-refractivity contribution is 9.10. The van der Waals surface area contributed by atoms with E-state index in [-0.39, 0.29) is 12.1 Å². The molecule has 6 nitrogen and oxygen atoms in total. The Bertz CT molecular complexity index is 647. The number of halogens is 1. The zero-order chi connectivity index (χ0) is 18.4. The van der Waals surface area contributed by atoms with Crippen molar-refractivity contribution in [3.8, 4) is 0 Å². The third-order valence-electron chi connectivity index (χ3n) is 3.81. The molecule has 1 aromatic rings. The van der Waals surface area contributed by atoms with E-state index in [1.54, 1.807) is 17.3 Å². The van der Waals surface area contributed by atoms with Crippen LogP contribution in [0.1, 0.15) is 39.2 Å². The van der Waals surface area contributed by atoms with Crippen molar-refractivity contribution in [2.75, 3.05) is 13.1 Å². The monoisotopic (exact) mass is 408 g/mol. The van der Waals surface area contributed by atoms with Gasteiger partial charge in [0.1, 0.15) is 5.60 Å². The number of pyridine rings is 1. The van der Waals surface area contributed by atoms with Crippen molar-refractivity contribution < 1.29 is 9.53 Å². The van der Waals surface area contributed by atoms with E-state index >= 15 is 0 Å². The molecule has 1 aliphatic heterocycles. The molecule has 0 aliphatic carbocycles. The number of allylic oxidation sites excluding steroid dienone is 1. The molecule has 2 N–H and O–H groups in total. The van der Waals surface area contributed by atoms with Crippen molar-refractivity contribution in [1.82, 2.24) is 15.2 Å². The smallest absolute Gasteiger partial charge is 0.410 e. The number of piperidine rings is 1. The lowest BCUT2D eigenvalue weighted by atomic mass is 10.0. The Labute approximate surface area is 157 Å². The number of ether oxygens (including phenoxy) is 1. The second-order valence-electron chi connectivity index (χ2n) is 7.04. The number of hydrogen-bond acceptors (Lipinski definition) is 5. The Kier molecular flexibility index (Phi) is 6.58. The molecule has 0 spiro atoms. The van der Waals surface area contributed by atoms with E-state index in [9.17, 15) is 4.79 Å². The normalized spacial score (nSPS) is 16.5. The summed E-state index contributed by atoms with van der Waals surface area (Å²) in [7, 11) is 0. The molecule has 0 bridgehead atoms. The summed E-state index contributed by atoms with van der Waals surface area (Å²) in [4.78, 5) is 18.0. The molecule has 2 heterocycles. The van der Waals surface area contributed by atoms with Gasteiger partial charge in [-0.1, -0.05) is 0 Å². The maximum absolute atomic E-state index is 12.1. The van der Waals surface area contributed by atoms with Gasteiger partial charge in [0.25, 0.3) is 0 Å². The van der Waals surface area contributed by atoms with Crippen LogP contribution in [-0.2, 0) is 4.74 Å². The summed E-state index contributed by atoms with van der Waals surface area (Å²) in [6.45, 7) is 6.95. The van der Waals surface area contributed by atoms with Gasteiger partial charge in [-0.2, -0.15) is 0 Å². The summed E-state index contributed by atoms with van der Waals surface area (Å²) >= 11 is 3.39. The number of likely N-dealkylation sites (tertiary alicyclic amines) is 1. The van der Waals surface area contributed by atoms with Gasteiger partial charge in [0.15, 0.2) is 0 Å². The molecule has 1 aromatic heterocycles. The molecule has 0 radical (unpaired) electrons. The van der Waals surface area contributed by atoms with Crippen molar-refractivity contribution in [2.24, 2.45) is 0 Å². The van der Waals surface area contributed by atoms with E-state index in [2.05, 4.69) is 26.2 Å². The Hall–Kier alpha value is -1.89. The predicted molar refractivity (Wildman–Crippen MR) is 103 cm³/mol. The van der Waals surface area contributed by atoms with Crippen molar-refractivity contribution in [2.45, 2.75) is 45.3 Å². The maximum atomic E-state index is 12.1. The molecule has 7 heteroatoms. The number of hydrogen-bond donors (Lipinski definition) is 2. The molecule has 0 saturated carbocycles. The van der Waals surface area contributed by atoms with Gasteiger partial charge in [-0.3, -0.25) is 4.98 Å². The third-order valence-corrected chi connectivity index (χ3v) is 4.25. The van der Waals surface area contributed by atoms with E-state index in [1.807, 2.05) is 33.0 Å². The van der Waals surface area contributed by atoms with Gasteiger partial charge in [-0.15, -0.1) is 0 Å². The fraction of sp³-hybridized carbons (Fsp3) is 0.500. The lowest BCUT2D eigenvalue weighted by molar-refractivity contribution is 0.0201. The number of amides is 1. The van der Waals surface area contributed by atoms with Crippen LogP contribution in [0.5, 0.6) is 0 Å². The van der Waals surface area contributed by atoms with Crippen molar-refractivity contribution in [1.29, 1.82) is 5.41 Å². The van der Waals surface area contributed by atoms with Crippen LogP contribution in [0.15, 0.2) is 29.1 Å². The highest BCUT2D eigenvalue weighted by atomic mass is 79.9. The second-order valence-corrected chi connectivity index (χ2v) is 7.96. The Morgan fingerprint density at radius 3 is 2.64 bits per heavy atom. The molecule has 1 fully saturated rings. The van der Waals surface area contributed by atoms with Gasteiger partial charge in [0.05, 0.1) is 0 Å². The molecule has 2 rings (SSSR count). The van der Waals surface area contributed by atoms with E-state index in [0.29, 0.717) is 13.1 Å². The highest BCUT2D eigenvalue weighted by Crippen LogP contribution is 2.18. The van der Waals surface area contributed by atoms with Crippen molar-refractivity contribution >= 4 is 33.8 Å². The summed E-state index contributed by atoms with van der Waals surface area (Å²) in [6.07, 6.45) is 8.05. The van der Waals surface area contributed by atoms with Gasteiger partial charge in [0.2, 0.25) is 0 Å². The summed E-state index contributed by atoms with van der Waals surface area (Å²) in [6, 6.07) is 2.20. The number of rotatable bonds is 4. The Morgan fingerprint density at radius 2 is 2.08 bits per heavy atom. The van der Waals surface area contributed by atoms with Crippen LogP contribution in [0.4, 0.5) is 4.79 Å². The minimum absolute atomic E-state index is 0.248. The minimum atomic E-state index is -0.466. The number of carbonyl (C=O) groups is 1. The van der Waals surface area contributed by atoms with Crippen LogP contribution < -0.4 is 5.32 Å². The van der Waals surface area contributed by atoms with Crippen molar-refractivity contribution in [3.63, 3.8) is 0 Å². The Balaban J connectivity index is 1.89. The lowest BCUT2D eigenvalue weighted by Crippen LogP contribution is -2.45. The van der Waals surface area contributed by atoms with E-state index < -0.39 is 5.60 Å². The minimum Gasteiger partial charge on any atom is -0.444 e. The summed E-state index contributed by atoms with van der Waals surface area (Å²) in [5, 5.41) is 11.0. The first-order valence-corrected chi connectivity index (χ1v) is 9.13. The van der Waals surface area contributed by atoms with Crippen LogP contribution in [0.2, 0.25) is 0 Å². The zero-order valence-electron chi connectivity index (χ0n) is 14.9. The van der Waals surface area contributed by atoms with Gasteiger partial charge in [-0.05, 0) is 55.6 Å². The lowest BCUT2D eigenvalue weighted by Gasteiger charge is -2.33. The van der Waals surface area contributed by atoms with Gasteiger partial charge < -0.3 is 20.4 Å². The highest BCUT2D eigenvalue weighted by Gasteiger charge is 2.26. The molecule has 136 valence electrons. The van der Waals surface area contributed by atoms with Crippen molar-refractivity contribution in [3.05, 3.63) is 34.7 Å². The SMILES string of the molecule is CC(C)(C)OC(=O)N1CCC(N/C=C(\C=N)c2cncc(Br)c2)CC1. The van der Waals surface area contributed by atoms with Gasteiger partial charge in [0, 0.05) is 59.5 Å². The molecular formula is C18H25BrN4O2. The molecule has 0 unspecified atom stereocenters. The van der Waals surface area contributed by atoms with E-state index in [0.717, 1.165) is 28.5 Å². The number of nitrogens with one attached hydrogen (secondary N) is 2. The third kappa shape index (κ3) is 6.16. The van der Waals surface area contributed by atoms with Crippen LogP contribution in [0.25, 0.3) is 5.57 Å². The van der Waals surface area contributed by atoms with Crippen LogP contribution >= 0.6 is 15.9 Å². The first-order chi connectivity index (χ1) is 11.8. The molecule has 0 aromatic carbocycles. The second kappa shape index (κ2) is 8.47. The standard InChI is InChI=1S/C18H25BrN4O2/c1-18(2,3)25-17(24)23-6-4-16(5-7-23)22-11-14(9-20)13-8-15(19)12-21-10-13/h8-12,16,20,22H,4-7H2,1-3H3/b14-11+,20-9?. The van der Waals surface area contributed by atoms with Crippen LogP contribution in [-0.4, -0.2) is 46.9 Å². The van der Waals surface area contributed by atoms with Gasteiger partial charge in [-0.25, -0.2) is 4.79 Å². The molecule has 0 atom stereocenters. The number of carbonyl (C=O) groups excluding carboxylic acids is 1. The first kappa shape index (κ1) is 19.4. The maximum Gasteiger partial charge on any atom is 0.410 e. The fourth-order valence-electron chi connectivity index (χ4n) is 2.54. The van der Waals surface area contributed by atoms with Crippen LogP contribution in [0, 0.1) is 5.41 Å². The predicted octanol–water partition coefficient (Wildman–Crippen LogP) is 3.82. The van der Waals surface area contributed by atoms with E-state index in [4.69, 9.17) is 10.1 Å². The van der Waals surface area contributed by atoms with E-state index in [1.165, 1.54) is 6.21 Å². The molecule has 1 aliphatic rings. The van der Waals surface area contributed by atoms with Gasteiger partial charge >= 0.3 is 6.09 Å². The fourth-order valence-corrected chi connectivity index (χ4v) is 2.91. The first-order valence-electron chi connectivity index (χ1n) is 8.34. The largest absolute Gasteiger partial charge is 0.444 e.